The molecule has 0 spiro atoms. The summed E-state index contributed by atoms with van der Waals surface area (Å²) in [5.41, 5.74) is 3.30. The number of halogens is 1. The number of nitrogens with one attached hydrogen (secondary N) is 1. The number of fused-ring (bicyclic) bond motifs is 1. The Bertz CT molecular complexity index is 1210. The molecule has 4 aromatic rings. The van der Waals surface area contributed by atoms with E-state index in [1.54, 1.807) is 37.4 Å². The molecule has 0 aliphatic heterocycles. The van der Waals surface area contributed by atoms with Crippen LogP contribution in [0.15, 0.2) is 57.1 Å². The SMILES string of the molecule is Cn1c(=O)oc2ccc(NC(=O)CCc3nc(-c4ccc(F)cc4)cs3)cc21. The van der Waals surface area contributed by atoms with Gasteiger partial charge in [-0.3, -0.25) is 9.36 Å². The minimum atomic E-state index is -0.445. The lowest BCUT2D eigenvalue weighted by Crippen LogP contribution is -2.12. The molecule has 0 saturated heterocycles. The molecule has 28 heavy (non-hydrogen) atoms. The van der Waals surface area contributed by atoms with Gasteiger partial charge in [-0.05, 0) is 42.5 Å². The zero-order valence-corrected chi connectivity index (χ0v) is 15.8. The van der Waals surface area contributed by atoms with E-state index in [1.807, 2.05) is 5.38 Å². The molecule has 0 radical (unpaired) electrons. The van der Waals surface area contributed by atoms with E-state index in [0.717, 1.165) is 16.3 Å². The molecular weight excluding hydrogens is 381 g/mol. The van der Waals surface area contributed by atoms with Crippen LogP contribution in [0.5, 0.6) is 0 Å². The van der Waals surface area contributed by atoms with Crippen LogP contribution in [0.4, 0.5) is 10.1 Å². The van der Waals surface area contributed by atoms with Gasteiger partial charge in [-0.2, -0.15) is 0 Å². The fourth-order valence-corrected chi connectivity index (χ4v) is 3.63. The number of aryl methyl sites for hydroxylation is 2. The van der Waals surface area contributed by atoms with Crippen LogP contribution in [-0.2, 0) is 18.3 Å². The number of amides is 1. The molecule has 142 valence electrons. The molecule has 6 nitrogen and oxygen atoms in total. The minimum Gasteiger partial charge on any atom is -0.408 e. The molecular formula is C20H16FN3O3S. The summed E-state index contributed by atoms with van der Waals surface area (Å²) in [4.78, 5) is 28.3. The van der Waals surface area contributed by atoms with Gasteiger partial charge >= 0.3 is 5.76 Å². The lowest BCUT2D eigenvalue weighted by molar-refractivity contribution is -0.116. The van der Waals surface area contributed by atoms with Crippen LogP contribution in [0.25, 0.3) is 22.4 Å². The third kappa shape index (κ3) is 3.72. The van der Waals surface area contributed by atoms with Crippen LogP contribution in [-0.4, -0.2) is 15.5 Å². The maximum atomic E-state index is 13.0. The number of carbonyl (C=O) groups excluding carboxylic acids is 1. The molecule has 0 aliphatic rings. The van der Waals surface area contributed by atoms with E-state index in [4.69, 9.17) is 4.42 Å². The summed E-state index contributed by atoms with van der Waals surface area (Å²) < 4.78 is 19.5. The first-order valence-corrected chi connectivity index (χ1v) is 9.47. The van der Waals surface area contributed by atoms with Gasteiger partial charge < -0.3 is 9.73 Å². The van der Waals surface area contributed by atoms with Crippen molar-refractivity contribution in [1.29, 1.82) is 0 Å². The second kappa shape index (κ2) is 7.40. The predicted octanol–water partition coefficient (Wildman–Crippen LogP) is 3.97. The largest absolute Gasteiger partial charge is 0.419 e. The molecule has 8 heteroatoms. The average molecular weight is 397 g/mol. The van der Waals surface area contributed by atoms with Gasteiger partial charge in [0.25, 0.3) is 0 Å². The van der Waals surface area contributed by atoms with Crippen molar-refractivity contribution < 1.29 is 13.6 Å². The van der Waals surface area contributed by atoms with Gasteiger partial charge in [0.2, 0.25) is 5.91 Å². The number of aromatic nitrogens is 2. The van der Waals surface area contributed by atoms with Crippen molar-refractivity contribution in [2.24, 2.45) is 7.05 Å². The van der Waals surface area contributed by atoms with E-state index < -0.39 is 5.76 Å². The van der Waals surface area contributed by atoms with Gasteiger partial charge in [-0.15, -0.1) is 11.3 Å². The number of carbonyl (C=O) groups is 1. The first-order valence-electron chi connectivity index (χ1n) is 8.59. The summed E-state index contributed by atoms with van der Waals surface area (Å²) in [7, 11) is 1.61. The number of thiazole rings is 1. The Labute approximate surface area is 163 Å². The summed E-state index contributed by atoms with van der Waals surface area (Å²) in [5.74, 6) is -0.880. The van der Waals surface area contributed by atoms with Crippen molar-refractivity contribution >= 4 is 34.0 Å². The Hall–Kier alpha value is -3.26. The van der Waals surface area contributed by atoms with Gasteiger partial charge in [0.05, 0.1) is 16.2 Å². The summed E-state index contributed by atoms with van der Waals surface area (Å²) >= 11 is 1.47. The van der Waals surface area contributed by atoms with Crippen LogP contribution >= 0.6 is 11.3 Å². The minimum absolute atomic E-state index is 0.147. The zero-order valence-electron chi connectivity index (χ0n) is 14.9. The Kier molecular flexibility index (Phi) is 4.79. The number of rotatable bonds is 5. The first kappa shape index (κ1) is 18.1. The molecule has 0 fully saturated rings. The Morgan fingerprint density at radius 2 is 2.04 bits per heavy atom. The van der Waals surface area contributed by atoms with Gasteiger partial charge in [-0.25, -0.2) is 14.2 Å². The van der Waals surface area contributed by atoms with Gasteiger partial charge in [-0.1, -0.05) is 0 Å². The number of nitrogens with zero attached hydrogens (tertiary/aromatic N) is 2. The highest BCUT2D eigenvalue weighted by atomic mass is 32.1. The van der Waals surface area contributed by atoms with Crippen LogP contribution in [0.3, 0.4) is 0 Å². The lowest BCUT2D eigenvalue weighted by atomic mass is 10.2. The topological polar surface area (TPSA) is 77.1 Å². The van der Waals surface area contributed by atoms with E-state index in [-0.39, 0.29) is 18.1 Å². The monoisotopic (exact) mass is 397 g/mol. The van der Waals surface area contributed by atoms with Crippen LogP contribution in [0.1, 0.15) is 11.4 Å². The van der Waals surface area contributed by atoms with Gasteiger partial charge in [0.1, 0.15) is 5.82 Å². The lowest BCUT2D eigenvalue weighted by Gasteiger charge is -2.04. The average Bonchev–Trinajstić information content (AvgIpc) is 3.26. The fourth-order valence-electron chi connectivity index (χ4n) is 2.83. The number of benzene rings is 2. The van der Waals surface area contributed by atoms with Crippen molar-refractivity contribution in [3.8, 4) is 11.3 Å². The third-order valence-corrected chi connectivity index (χ3v) is 5.24. The molecule has 0 unspecified atom stereocenters. The van der Waals surface area contributed by atoms with Crippen molar-refractivity contribution in [2.75, 3.05) is 5.32 Å². The van der Waals surface area contributed by atoms with Crippen LogP contribution in [0, 0.1) is 5.82 Å². The van der Waals surface area contributed by atoms with Crippen molar-refractivity contribution in [2.45, 2.75) is 12.8 Å². The van der Waals surface area contributed by atoms with E-state index >= 15 is 0 Å². The summed E-state index contributed by atoms with van der Waals surface area (Å²) in [5, 5.41) is 5.56. The maximum absolute atomic E-state index is 13.0. The summed E-state index contributed by atoms with van der Waals surface area (Å²) in [6.07, 6.45) is 0.781. The maximum Gasteiger partial charge on any atom is 0.419 e. The number of hydrogen-bond donors (Lipinski definition) is 1. The normalized spacial score (nSPS) is 11.1. The van der Waals surface area contributed by atoms with E-state index in [2.05, 4.69) is 10.3 Å². The molecule has 2 aromatic carbocycles. The van der Waals surface area contributed by atoms with Crippen molar-refractivity contribution in [3.05, 3.63) is 69.2 Å². The number of oxazole rings is 1. The van der Waals surface area contributed by atoms with E-state index in [9.17, 15) is 14.0 Å². The summed E-state index contributed by atoms with van der Waals surface area (Å²) in [6.45, 7) is 0. The van der Waals surface area contributed by atoms with Crippen LogP contribution in [0.2, 0.25) is 0 Å². The third-order valence-electron chi connectivity index (χ3n) is 4.33. The number of hydrogen-bond acceptors (Lipinski definition) is 5. The highest BCUT2D eigenvalue weighted by molar-refractivity contribution is 7.09. The van der Waals surface area contributed by atoms with Gasteiger partial charge in [0, 0.05) is 36.5 Å². The molecule has 0 bridgehead atoms. The van der Waals surface area contributed by atoms with Crippen molar-refractivity contribution in [3.63, 3.8) is 0 Å². The molecule has 0 saturated carbocycles. The standard InChI is InChI=1S/C20H16FN3O3S/c1-24-16-10-14(6-7-17(16)27-20(24)26)22-18(25)8-9-19-23-15(11-28-19)12-2-4-13(21)5-3-12/h2-7,10-11H,8-9H2,1H3,(H,22,25). The van der Waals surface area contributed by atoms with Gasteiger partial charge in [0.15, 0.2) is 5.58 Å². The second-order valence-corrected chi connectivity index (χ2v) is 7.23. The molecule has 0 atom stereocenters. The summed E-state index contributed by atoms with van der Waals surface area (Å²) in [6, 6.07) is 11.2. The molecule has 4 rings (SSSR count). The predicted molar refractivity (Wildman–Crippen MR) is 106 cm³/mol. The van der Waals surface area contributed by atoms with E-state index in [1.165, 1.54) is 28.0 Å². The first-order chi connectivity index (χ1) is 13.5. The highest BCUT2D eigenvalue weighted by Crippen LogP contribution is 2.23. The zero-order chi connectivity index (χ0) is 19.7. The Morgan fingerprint density at radius 3 is 2.82 bits per heavy atom. The Morgan fingerprint density at radius 1 is 1.25 bits per heavy atom. The molecule has 2 aromatic heterocycles. The van der Waals surface area contributed by atoms with E-state index in [0.29, 0.717) is 23.2 Å². The molecule has 1 amide bonds. The Balaban J connectivity index is 1.39. The molecule has 2 heterocycles. The molecule has 1 N–H and O–H groups in total. The highest BCUT2D eigenvalue weighted by Gasteiger charge is 2.10. The smallest absolute Gasteiger partial charge is 0.408 e. The quantitative estimate of drug-likeness (QED) is 0.553. The van der Waals surface area contributed by atoms with Crippen molar-refractivity contribution in [1.82, 2.24) is 9.55 Å². The fraction of sp³-hybridized carbons (Fsp3) is 0.150. The second-order valence-electron chi connectivity index (χ2n) is 6.29. The van der Waals surface area contributed by atoms with Crippen LogP contribution < -0.4 is 11.1 Å². The molecule has 0 aliphatic carbocycles. The number of anilines is 1.